The Morgan fingerprint density at radius 1 is 1.47 bits per heavy atom. The van der Waals surface area contributed by atoms with Crippen LogP contribution in [0.25, 0.3) is 0 Å². The molecule has 0 aliphatic heterocycles. The van der Waals surface area contributed by atoms with E-state index < -0.39 is 0 Å². The van der Waals surface area contributed by atoms with Crippen molar-refractivity contribution in [3.8, 4) is 11.8 Å². The predicted octanol–water partition coefficient (Wildman–Crippen LogP) is 0.852. The maximum Gasteiger partial charge on any atom is 0.319 e. The average molecular weight is 234 g/mol. The molecule has 0 bridgehead atoms. The summed E-state index contributed by atoms with van der Waals surface area (Å²) in [6.07, 6.45) is 0. The van der Waals surface area contributed by atoms with Crippen molar-refractivity contribution in [1.82, 2.24) is 5.32 Å². The highest BCUT2D eigenvalue weighted by atomic mass is 16.5. The summed E-state index contributed by atoms with van der Waals surface area (Å²) >= 11 is 0. The number of benzene rings is 1. The highest BCUT2D eigenvalue weighted by molar-refractivity contribution is 5.71. The zero-order valence-electron chi connectivity index (χ0n) is 9.60. The largest absolute Gasteiger partial charge is 0.478 e. The number of nitrogens with zero attached hydrogens (tertiary/aromatic N) is 1. The predicted molar refractivity (Wildman–Crippen MR) is 61.3 cm³/mol. The summed E-state index contributed by atoms with van der Waals surface area (Å²) in [4.78, 5) is 10.9. The summed E-state index contributed by atoms with van der Waals surface area (Å²) in [5, 5.41) is 11.4. The average Bonchev–Trinajstić information content (AvgIpc) is 2.37. The maximum absolute atomic E-state index is 10.9. The number of esters is 1. The Bertz CT molecular complexity index is 412. The van der Waals surface area contributed by atoms with Crippen LogP contribution in [0.3, 0.4) is 0 Å². The van der Waals surface area contributed by atoms with Crippen molar-refractivity contribution in [2.75, 3.05) is 20.3 Å². The van der Waals surface area contributed by atoms with E-state index >= 15 is 0 Å². The van der Waals surface area contributed by atoms with E-state index in [1.807, 2.05) is 24.3 Å². The number of hydrogen-bond acceptors (Lipinski definition) is 5. The molecule has 0 atom stereocenters. The monoisotopic (exact) mass is 234 g/mol. The summed E-state index contributed by atoms with van der Waals surface area (Å²) in [7, 11) is 1.34. The zero-order valence-corrected chi connectivity index (χ0v) is 9.60. The first-order valence-corrected chi connectivity index (χ1v) is 5.13. The molecule has 5 heteroatoms. The topological polar surface area (TPSA) is 71.3 Å². The lowest BCUT2D eigenvalue weighted by Crippen LogP contribution is -2.23. The maximum atomic E-state index is 10.9. The van der Waals surface area contributed by atoms with E-state index in [-0.39, 0.29) is 19.1 Å². The molecule has 1 aromatic carbocycles. The Kier molecular flexibility index (Phi) is 5.55. The minimum Gasteiger partial charge on any atom is -0.478 e. The van der Waals surface area contributed by atoms with Crippen molar-refractivity contribution in [2.45, 2.75) is 6.54 Å². The van der Waals surface area contributed by atoms with Gasteiger partial charge in [0.15, 0.2) is 6.61 Å². The van der Waals surface area contributed by atoms with Crippen molar-refractivity contribution in [3.63, 3.8) is 0 Å². The Morgan fingerprint density at radius 2 is 2.24 bits per heavy atom. The normalized spacial score (nSPS) is 9.41. The molecule has 0 spiro atoms. The van der Waals surface area contributed by atoms with E-state index in [1.54, 1.807) is 6.07 Å². The number of nitrogens with one attached hydrogen (secondary N) is 1. The van der Waals surface area contributed by atoms with Crippen LogP contribution in [0.5, 0.6) is 5.75 Å². The molecule has 1 N–H and O–H groups in total. The molecule has 0 radical (unpaired) electrons. The fourth-order valence-electron chi connectivity index (χ4n) is 1.27. The molecule has 0 amide bonds. The van der Waals surface area contributed by atoms with Crippen LogP contribution in [0.2, 0.25) is 0 Å². The number of carbonyl (C=O) groups is 1. The van der Waals surface area contributed by atoms with Gasteiger partial charge in [0.1, 0.15) is 11.8 Å². The Balaban J connectivity index is 2.52. The smallest absolute Gasteiger partial charge is 0.319 e. The first-order chi connectivity index (χ1) is 8.27. The van der Waals surface area contributed by atoms with Gasteiger partial charge in [0.25, 0.3) is 0 Å². The van der Waals surface area contributed by atoms with Crippen LogP contribution in [0.1, 0.15) is 5.56 Å². The summed E-state index contributed by atoms with van der Waals surface area (Å²) in [6.45, 7) is 0.633. The quantitative estimate of drug-likeness (QED) is 0.739. The second-order valence-electron chi connectivity index (χ2n) is 3.23. The molecule has 1 rings (SSSR count). The van der Waals surface area contributed by atoms with Crippen LogP contribution in [0.15, 0.2) is 24.3 Å². The SMILES string of the molecule is COC(=O)CNCc1ccccc1OCC#N. The van der Waals surface area contributed by atoms with Gasteiger partial charge < -0.3 is 14.8 Å². The van der Waals surface area contributed by atoms with Gasteiger partial charge in [-0.3, -0.25) is 4.79 Å². The molecule has 17 heavy (non-hydrogen) atoms. The number of carbonyl (C=O) groups excluding carboxylic acids is 1. The van der Waals surface area contributed by atoms with Crippen LogP contribution in [0, 0.1) is 11.3 Å². The minimum atomic E-state index is -0.319. The Morgan fingerprint density at radius 3 is 2.94 bits per heavy atom. The van der Waals surface area contributed by atoms with Gasteiger partial charge in [0.2, 0.25) is 0 Å². The van der Waals surface area contributed by atoms with Crippen molar-refractivity contribution in [2.24, 2.45) is 0 Å². The van der Waals surface area contributed by atoms with Crippen LogP contribution in [-0.4, -0.2) is 26.2 Å². The molecule has 0 aromatic heterocycles. The van der Waals surface area contributed by atoms with Gasteiger partial charge in [0, 0.05) is 12.1 Å². The van der Waals surface area contributed by atoms with Crippen LogP contribution in [-0.2, 0) is 16.1 Å². The van der Waals surface area contributed by atoms with E-state index in [0.717, 1.165) is 5.56 Å². The molecule has 1 aromatic rings. The number of nitriles is 1. The van der Waals surface area contributed by atoms with Gasteiger partial charge in [0.05, 0.1) is 13.7 Å². The van der Waals surface area contributed by atoms with Crippen molar-refractivity contribution in [3.05, 3.63) is 29.8 Å². The van der Waals surface area contributed by atoms with Crippen LogP contribution >= 0.6 is 0 Å². The molecule has 0 unspecified atom stereocenters. The van der Waals surface area contributed by atoms with Crippen LogP contribution < -0.4 is 10.1 Å². The first-order valence-electron chi connectivity index (χ1n) is 5.13. The fourth-order valence-corrected chi connectivity index (χ4v) is 1.27. The van der Waals surface area contributed by atoms with Crippen molar-refractivity contribution >= 4 is 5.97 Å². The summed E-state index contributed by atoms with van der Waals surface area (Å²) in [5.41, 5.74) is 0.895. The van der Waals surface area contributed by atoms with E-state index in [4.69, 9.17) is 10.00 Å². The molecule has 0 saturated carbocycles. The number of ether oxygens (including phenoxy) is 2. The first kappa shape index (κ1) is 13.0. The van der Waals surface area contributed by atoms with E-state index in [1.165, 1.54) is 7.11 Å². The molecule has 0 saturated heterocycles. The summed E-state index contributed by atoms with van der Waals surface area (Å²) in [5.74, 6) is 0.326. The standard InChI is InChI=1S/C12H14N2O3/c1-16-12(15)9-14-8-10-4-2-3-5-11(10)17-7-6-13/h2-5,14H,7-9H2,1H3. The lowest BCUT2D eigenvalue weighted by molar-refractivity contribution is -0.139. The third kappa shape index (κ3) is 4.53. The molecule has 0 heterocycles. The molecule has 0 aliphatic carbocycles. The third-order valence-corrected chi connectivity index (χ3v) is 2.08. The van der Waals surface area contributed by atoms with Gasteiger partial charge >= 0.3 is 5.97 Å². The van der Waals surface area contributed by atoms with Gasteiger partial charge in [-0.25, -0.2) is 0 Å². The van der Waals surface area contributed by atoms with Gasteiger partial charge in [-0.05, 0) is 6.07 Å². The molecular formula is C12H14N2O3. The van der Waals surface area contributed by atoms with E-state index in [9.17, 15) is 4.79 Å². The van der Waals surface area contributed by atoms with Crippen LogP contribution in [0.4, 0.5) is 0 Å². The molecule has 90 valence electrons. The third-order valence-electron chi connectivity index (χ3n) is 2.08. The Hall–Kier alpha value is -2.06. The van der Waals surface area contributed by atoms with Crippen molar-refractivity contribution < 1.29 is 14.3 Å². The Labute approximate surface area is 100.0 Å². The van der Waals surface area contributed by atoms with Crippen molar-refractivity contribution in [1.29, 1.82) is 5.26 Å². The lowest BCUT2D eigenvalue weighted by Gasteiger charge is -2.09. The number of methoxy groups -OCH3 is 1. The van der Waals surface area contributed by atoms with E-state index in [2.05, 4.69) is 10.1 Å². The highest BCUT2D eigenvalue weighted by Gasteiger charge is 2.04. The number of rotatable bonds is 6. The number of hydrogen-bond donors (Lipinski definition) is 1. The van der Waals surface area contributed by atoms with Gasteiger partial charge in [-0.2, -0.15) is 5.26 Å². The lowest BCUT2D eigenvalue weighted by atomic mass is 10.2. The molecular weight excluding hydrogens is 220 g/mol. The molecule has 0 fully saturated rings. The van der Waals surface area contributed by atoms with Gasteiger partial charge in [-0.1, -0.05) is 18.2 Å². The minimum absolute atomic E-state index is 0.00795. The summed E-state index contributed by atoms with van der Waals surface area (Å²) in [6, 6.07) is 9.27. The van der Waals surface area contributed by atoms with E-state index in [0.29, 0.717) is 12.3 Å². The fraction of sp³-hybridized carbons (Fsp3) is 0.333. The van der Waals surface area contributed by atoms with Gasteiger partial charge in [-0.15, -0.1) is 0 Å². The second kappa shape index (κ2) is 7.25. The molecule has 5 nitrogen and oxygen atoms in total. The summed E-state index contributed by atoms with van der Waals surface area (Å²) < 4.78 is 9.76. The number of para-hydroxylation sites is 1. The second-order valence-corrected chi connectivity index (χ2v) is 3.23. The molecule has 0 aliphatic rings. The zero-order chi connectivity index (χ0) is 12.5. The highest BCUT2D eigenvalue weighted by Crippen LogP contribution is 2.17.